The molecule has 0 aliphatic rings. The summed E-state index contributed by atoms with van der Waals surface area (Å²) in [6.45, 7) is 5.86. The molecule has 0 aliphatic heterocycles. The molecule has 0 aliphatic carbocycles. The minimum Gasteiger partial charge on any atom is -0.494 e. The molecule has 4 nitrogen and oxygen atoms in total. The Bertz CT molecular complexity index is 1420. The molecule has 6 heteroatoms. The van der Waals surface area contributed by atoms with Crippen LogP contribution >= 0.6 is 31.9 Å². The van der Waals surface area contributed by atoms with Gasteiger partial charge in [-0.2, -0.15) is 0 Å². The van der Waals surface area contributed by atoms with Crippen molar-refractivity contribution >= 4 is 65.0 Å². The predicted octanol–water partition coefficient (Wildman–Crippen LogP) is 7.74. The number of nitrogens with zero attached hydrogens (tertiary/aromatic N) is 3. The molecule has 2 heterocycles. The minimum atomic E-state index is 0.639. The van der Waals surface area contributed by atoms with E-state index in [4.69, 9.17) is 14.7 Å². The molecule has 0 N–H and O–H groups in total. The van der Waals surface area contributed by atoms with Gasteiger partial charge >= 0.3 is 0 Å². The molecule has 0 saturated carbocycles. The molecule has 162 valence electrons. The van der Waals surface area contributed by atoms with Crippen molar-refractivity contribution < 1.29 is 4.74 Å². The summed E-state index contributed by atoms with van der Waals surface area (Å²) < 4.78 is 10.2. The lowest BCUT2D eigenvalue weighted by Crippen LogP contribution is -2.03. The highest BCUT2D eigenvalue weighted by Gasteiger charge is 2.18. The quantitative estimate of drug-likeness (QED) is 0.216. The lowest BCUT2D eigenvalue weighted by atomic mass is 10.1. The van der Waals surface area contributed by atoms with E-state index in [0.29, 0.717) is 12.5 Å². The summed E-state index contributed by atoms with van der Waals surface area (Å²) in [6.07, 6.45) is 1.05. The topological polar surface area (TPSA) is 39.9 Å². The maximum absolute atomic E-state index is 5.89. The highest BCUT2D eigenvalue weighted by Crippen LogP contribution is 2.36. The van der Waals surface area contributed by atoms with E-state index in [2.05, 4.69) is 86.7 Å². The molecule has 0 bridgehead atoms. The van der Waals surface area contributed by atoms with Crippen molar-refractivity contribution in [2.75, 3.05) is 6.61 Å². The SMILES string of the molecule is CC(C)CCOc1ccc(Cn2c3nc4ccccc4nc3c3cc(Br)cc(Br)c32)cc1. The van der Waals surface area contributed by atoms with Gasteiger partial charge in [-0.05, 0) is 70.2 Å². The summed E-state index contributed by atoms with van der Waals surface area (Å²) in [5, 5.41) is 1.08. The third kappa shape index (κ3) is 4.14. The molecule has 5 rings (SSSR count). The van der Waals surface area contributed by atoms with Crippen LogP contribution in [0.2, 0.25) is 0 Å². The van der Waals surface area contributed by atoms with Gasteiger partial charge in [-0.1, -0.05) is 54.0 Å². The van der Waals surface area contributed by atoms with Crippen LogP contribution in [0.15, 0.2) is 69.6 Å². The zero-order valence-electron chi connectivity index (χ0n) is 18.0. The fraction of sp³-hybridized carbons (Fsp3) is 0.231. The molecular formula is C26H23Br2N3O. The van der Waals surface area contributed by atoms with Crippen molar-refractivity contribution in [2.45, 2.75) is 26.8 Å². The van der Waals surface area contributed by atoms with Gasteiger partial charge in [-0.3, -0.25) is 0 Å². The fourth-order valence-electron chi connectivity index (χ4n) is 3.93. The molecular weight excluding hydrogens is 530 g/mol. The number of halogens is 2. The summed E-state index contributed by atoms with van der Waals surface area (Å²) in [6, 6.07) is 20.6. The summed E-state index contributed by atoms with van der Waals surface area (Å²) in [5.41, 5.74) is 5.87. The highest BCUT2D eigenvalue weighted by molar-refractivity contribution is 9.11. The molecule has 0 fully saturated rings. The van der Waals surface area contributed by atoms with E-state index >= 15 is 0 Å². The fourth-order valence-corrected chi connectivity index (χ4v) is 5.37. The van der Waals surface area contributed by atoms with Gasteiger partial charge in [0, 0.05) is 20.9 Å². The molecule has 3 aromatic carbocycles. The molecule has 0 radical (unpaired) electrons. The second kappa shape index (κ2) is 8.83. The van der Waals surface area contributed by atoms with Gasteiger partial charge in [0.15, 0.2) is 5.65 Å². The Morgan fingerprint density at radius 3 is 2.38 bits per heavy atom. The molecule has 0 unspecified atom stereocenters. The first-order chi connectivity index (χ1) is 15.5. The van der Waals surface area contributed by atoms with Crippen LogP contribution in [0.3, 0.4) is 0 Å². The Kier molecular flexibility index (Phi) is 5.91. The van der Waals surface area contributed by atoms with Crippen LogP contribution in [-0.4, -0.2) is 21.1 Å². The average Bonchev–Trinajstić information content (AvgIpc) is 3.06. The maximum atomic E-state index is 5.89. The van der Waals surface area contributed by atoms with Gasteiger partial charge in [0.1, 0.15) is 11.3 Å². The largest absolute Gasteiger partial charge is 0.494 e. The zero-order chi connectivity index (χ0) is 22.2. The number of para-hydroxylation sites is 2. The van der Waals surface area contributed by atoms with Crippen molar-refractivity contribution in [2.24, 2.45) is 5.92 Å². The Morgan fingerprint density at radius 1 is 0.938 bits per heavy atom. The predicted molar refractivity (Wildman–Crippen MR) is 138 cm³/mol. The molecule has 0 saturated heterocycles. The van der Waals surface area contributed by atoms with Gasteiger partial charge in [0.05, 0.1) is 23.2 Å². The molecule has 32 heavy (non-hydrogen) atoms. The van der Waals surface area contributed by atoms with Gasteiger partial charge in [-0.15, -0.1) is 0 Å². The van der Waals surface area contributed by atoms with Crippen molar-refractivity contribution in [1.29, 1.82) is 0 Å². The number of fused-ring (bicyclic) bond motifs is 4. The van der Waals surface area contributed by atoms with E-state index in [1.54, 1.807) is 0 Å². The minimum absolute atomic E-state index is 0.639. The summed E-state index contributed by atoms with van der Waals surface area (Å²) in [7, 11) is 0. The average molecular weight is 553 g/mol. The van der Waals surface area contributed by atoms with E-state index in [0.717, 1.165) is 60.8 Å². The van der Waals surface area contributed by atoms with Crippen LogP contribution in [0.1, 0.15) is 25.8 Å². The Hall–Kier alpha value is -2.44. The third-order valence-corrected chi connectivity index (χ3v) is 6.65. The van der Waals surface area contributed by atoms with E-state index in [-0.39, 0.29) is 0 Å². The Balaban J connectivity index is 1.58. The summed E-state index contributed by atoms with van der Waals surface area (Å²) in [5.74, 6) is 1.55. The standard InChI is InChI=1S/C26H23Br2N3O/c1-16(2)11-12-32-19-9-7-17(8-10-19)15-31-25-20(13-18(27)14-21(25)28)24-26(31)30-23-6-4-3-5-22(23)29-24/h3-10,13-14,16H,11-12,15H2,1-2H3. The monoisotopic (exact) mass is 551 g/mol. The first kappa shape index (κ1) is 21.4. The molecule has 5 aromatic rings. The molecule has 0 spiro atoms. The number of hydrogen-bond donors (Lipinski definition) is 0. The van der Waals surface area contributed by atoms with E-state index in [1.165, 1.54) is 5.56 Å². The van der Waals surface area contributed by atoms with Crippen LogP contribution in [0.5, 0.6) is 5.75 Å². The van der Waals surface area contributed by atoms with Crippen LogP contribution in [0.4, 0.5) is 0 Å². The van der Waals surface area contributed by atoms with Crippen LogP contribution < -0.4 is 4.74 Å². The maximum Gasteiger partial charge on any atom is 0.160 e. The number of benzene rings is 3. The van der Waals surface area contributed by atoms with Crippen molar-refractivity contribution in [3.63, 3.8) is 0 Å². The lowest BCUT2D eigenvalue weighted by molar-refractivity contribution is 0.289. The molecule has 2 aromatic heterocycles. The first-order valence-corrected chi connectivity index (χ1v) is 12.3. The van der Waals surface area contributed by atoms with Crippen LogP contribution in [-0.2, 0) is 6.54 Å². The lowest BCUT2D eigenvalue weighted by Gasteiger charge is -2.11. The number of rotatable bonds is 6. The summed E-state index contributed by atoms with van der Waals surface area (Å²) in [4.78, 5) is 9.96. The third-order valence-electron chi connectivity index (χ3n) is 5.59. The van der Waals surface area contributed by atoms with E-state index in [1.807, 2.05) is 24.3 Å². The van der Waals surface area contributed by atoms with Crippen LogP contribution in [0, 0.1) is 5.92 Å². The summed E-state index contributed by atoms with van der Waals surface area (Å²) >= 11 is 7.40. The Labute approximate surface area is 203 Å². The molecule has 0 amide bonds. The van der Waals surface area contributed by atoms with Crippen LogP contribution in [0.25, 0.3) is 33.1 Å². The van der Waals surface area contributed by atoms with Crippen molar-refractivity contribution in [1.82, 2.24) is 14.5 Å². The van der Waals surface area contributed by atoms with Crippen molar-refractivity contribution in [3.05, 3.63) is 75.2 Å². The number of aromatic nitrogens is 3. The smallest absolute Gasteiger partial charge is 0.160 e. The van der Waals surface area contributed by atoms with Gasteiger partial charge < -0.3 is 9.30 Å². The Morgan fingerprint density at radius 2 is 1.66 bits per heavy atom. The van der Waals surface area contributed by atoms with E-state index < -0.39 is 0 Å². The normalized spacial score (nSPS) is 11.8. The number of hydrogen-bond acceptors (Lipinski definition) is 3. The van der Waals surface area contributed by atoms with E-state index in [9.17, 15) is 0 Å². The second-order valence-corrected chi connectivity index (χ2v) is 10.2. The number of ether oxygens (including phenoxy) is 1. The molecule has 0 atom stereocenters. The second-order valence-electron chi connectivity index (χ2n) is 8.43. The zero-order valence-corrected chi connectivity index (χ0v) is 21.1. The van der Waals surface area contributed by atoms with Crippen molar-refractivity contribution in [3.8, 4) is 5.75 Å². The first-order valence-electron chi connectivity index (χ1n) is 10.7. The highest BCUT2D eigenvalue weighted by atomic mass is 79.9. The van der Waals surface area contributed by atoms with Gasteiger partial charge in [0.25, 0.3) is 0 Å². The van der Waals surface area contributed by atoms with Gasteiger partial charge in [0.2, 0.25) is 0 Å². The van der Waals surface area contributed by atoms with Gasteiger partial charge in [-0.25, -0.2) is 9.97 Å².